The molecule has 0 fully saturated rings. The molecule has 0 N–H and O–H groups in total. The largest absolute Gasteiger partial charge is 0.453 e. The number of ether oxygens (including phenoxy) is 1. The van der Waals surface area contributed by atoms with Gasteiger partial charge in [-0.05, 0) is 25.0 Å². The van der Waals surface area contributed by atoms with Gasteiger partial charge in [-0.3, -0.25) is 9.59 Å². The van der Waals surface area contributed by atoms with E-state index >= 15 is 0 Å². The molecule has 22 heavy (non-hydrogen) atoms. The number of Topliss-reactive ketones (excluding diaryl/α,β-unsaturated/α-hetero) is 2. The minimum Gasteiger partial charge on any atom is -0.453 e. The van der Waals surface area contributed by atoms with Crippen LogP contribution in [0.15, 0.2) is 59.9 Å². The second kappa shape index (κ2) is 5.60. The summed E-state index contributed by atoms with van der Waals surface area (Å²) in [5, 5.41) is 0. The lowest BCUT2D eigenvalue weighted by atomic mass is 9.89. The van der Waals surface area contributed by atoms with E-state index in [0.717, 1.165) is 12.0 Å². The normalized spacial score (nSPS) is 14.1. The van der Waals surface area contributed by atoms with Crippen LogP contribution in [0.25, 0.3) is 0 Å². The van der Waals surface area contributed by atoms with Gasteiger partial charge in [0.05, 0.1) is 0 Å². The highest BCUT2D eigenvalue weighted by atomic mass is 16.5. The van der Waals surface area contributed by atoms with Gasteiger partial charge in [0.1, 0.15) is 5.75 Å². The van der Waals surface area contributed by atoms with Crippen LogP contribution < -0.4 is 4.74 Å². The summed E-state index contributed by atoms with van der Waals surface area (Å²) in [6, 6.07) is 14.4. The Kier molecular flexibility index (Phi) is 3.63. The number of hydrogen-bond donors (Lipinski definition) is 0. The fourth-order valence-electron chi connectivity index (χ4n) is 2.61. The summed E-state index contributed by atoms with van der Waals surface area (Å²) in [5.74, 6) is 0.363. The summed E-state index contributed by atoms with van der Waals surface area (Å²) in [6.45, 7) is 3.66. The molecule has 0 saturated carbocycles. The van der Waals surface area contributed by atoms with E-state index in [1.807, 2.05) is 31.2 Å². The Morgan fingerprint density at radius 2 is 1.45 bits per heavy atom. The first-order valence-corrected chi connectivity index (χ1v) is 7.28. The van der Waals surface area contributed by atoms with Crippen LogP contribution in [0.5, 0.6) is 5.75 Å². The van der Waals surface area contributed by atoms with Gasteiger partial charge in [0.15, 0.2) is 11.5 Å². The summed E-state index contributed by atoms with van der Waals surface area (Å²) >= 11 is 0. The highest BCUT2D eigenvalue weighted by Gasteiger charge is 2.31. The Morgan fingerprint density at radius 3 is 2.14 bits per heavy atom. The number of allylic oxidation sites excluding steroid dienone is 2. The molecule has 0 spiro atoms. The molecular weight excluding hydrogens is 276 g/mol. The van der Waals surface area contributed by atoms with Crippen molar-refractivity contribution in [3.05, 3.63) is 76.6 Å². The van der Waals surface area contributed by atoms with Crippen LogP contribution in [0.4, 0.5) is 0 Å². The molecule has 0 aromatic heterocycles. The van der Waals surface area contributed by atoms with E-state index in [-0.39, 0.29) is 17.3 Å². The first-order chi connectivity index (χ1) is 10.6. The molecule has 0 heterocycles. The number of aryl methyl sites for hydroxylation is 1. The van der Waals surface area contributed by atoms with E-state index in [4.69, 9.17) is 4.74 Å². The standard InChI is InChI=1S/C19H16O3/c1-3-13-8-4-7-11-16(13)22-19-12(2)17(20)14-9-5-6-10-15(14)18(19)21/h4-11H,3H2,1-2H3. The van der Waals surface area contributed by atoms with Gasteiger partial charge in [0, 0.05) is 16.7 Å². The lowest BCUT2D eigenvalue weighted by Gasteiger charge is -2.20. The Labute approximate surface area is 129 Å². The van der Waals surface area contributed by atoms with Crippen molar-refractivity contribution >= 4 is 11.6 Å². The van der Waals surface area contributed by atoms with Gasteiger partial charge in [-0.25, -0.2) is 0 Å². The molecule has 0 radical (unpaired) electrons. The maximum atomic E-state index is 12.6. The van der Waals surface area contributed by atoms with Crippen molar-refractivity contribution in [2.75, 3.05) is 0 Å². The molecule has 0 saturated heterocycles. The summed E-state index contributed by atoms with van der Waals surface area (Å²) in [4.78, 5) is 25.1. The van der Waals surface area contributed by atoms with Crippen molar-refractivity contribution in [2.45, 2.75) is 20.3 Å². The molecule has 0 atom stereocenters. The Morgan fingerprint density at radius 1 is 0.864 bits per heavy atom. The molecule has 0 unspecified atom stereocenters. The number of carbonyl (C=O) groups excluding carboxylic acids is 2. The van der Waals surface area contributed by atoms with Crippen molar-refractivity contribution in [3.8, 4) is 5.75 Å². The van der Waals surface area contributed by atoms with E-state index in [9.17, 15) is 9.59 Å². The second-order valence-electron chi connectivity index (χ2n) is 5.22. The van der Waals surface area contributed by atoms with E-state index in [0.29, 0.717) is 22.4 Å². The molecule has 2 aromatic rings. The third kappa shape index (κ3) is 2.25. The van der Waals surface area contributed by atoms with Crippen molar-refractivity contribution < 1.29 is 14.3 Å². The summed E-state index contributed by atoms with van der Waals surface area (Å²) in [6.07, 6.45) is 0.793. The minimum absolute atomic E-state index is 0.129. The summed E-state index contributed by atoms with van der Waals surface area (Å²) < 4.78 is 5.84. The molecule has 3 nitrogen and oxygen atoms in total. The van der Waals surface area contributed by atoms with Crippen molar-refractivity contribution in [1.29, 1.82) is 0 Å². The van der Waals surface area contributed by atoms with Crippen LogP contribution in [0.2, 0.25) is 0 Å². The highest BCUT2D eigenvalue weighted by Crippen LogP contribution is 2.29. The number of hydrogen-bond acceptors (Lipinski definition) is 3. The third-order valence-electron chi connectivity index (χ3n) is 3.87. The molecule has 0 aliphatic heterocycles. The van der Waals surface area contributed by atoms with E-state index in [1.54, 1.807) is 31.2 Å². The number of benzene rings is 2. The van der Waals surface area contributed by atoms with E-state index < -0.39 is 0 Å². The third-order valence-corrected chi connectivity index (χ3v) is 3.87. The van der Waals surface area contributed by atoms with Crippen molar-refractivity contribution in [1.82, 2.24) is 0 Å². The molecule has 3 rings (SSSR count). The molecule has 0 amide bonds. The Balaban J connectivity index is 2.06. The first kappa shape index (κ1) is 14.3. The van der Waals surface area contributed by atoms with Gasteiger partial charge in [-0.1, -0.05) is 49.4 Å². The topological polar surface area (TPSA) is 43.4 Å². The molecule has 110 valence electrons. The number of para-hydroxylation sites is 1. The Hall–Kier alpha value is -2.68. The van der Waals surface area contributed by atoms with Gasteiger partial charge >= 0.3 is 0 Å². The van der Waals surface area contributed by atoms with Gasteiger partial charge in [-0.2, -0.15) is 0 Å². The SMILES string of the molecule is CCc1ccccc1OC1=C(C)C(=O)c2ccccc2C1=O. The second-order valence-corrected chi connectivity index (χ2v) is 5.22. The smallest absolute Gasteiger partial charge is 0.229 e. The lowest BCUT2D eigenvalue weighted by Crippen LogP contribution is -2.24. The lowest BCUT2D eigenvalue weighted by molar-refractivity contribution is 0.0936. The van der Waals surface area contributed by atoms with Crippen LogP contribution in [0.3, 0.4) is 0 Å². The fourth-order valence-corrected chi connectivity index (χ4v) is 2.61. The van der Waals surface area contributed by atoms with Gasteiger partial charge in [-0.15, -0.1) is 0 Å². The van der Waals surface area contributed by atoms with E-state index in [1.165, 1.54) is 0 Å². The first-order valence-electron chi connectivity index (χ1n) is 7.28. The molecule has 1 aliphatic rings. The molecule has 1 aliphatic carbocycles. The van der Waals surface area contributed by atoms with Crippen molar-refractivity contribution in [3.63, 3.8) is 0 Å². The summed E-state index contributed by atoms with van der Waals surface area (Å²) in [7, 11) is 0. The Bertz CT molecular complexity index is 800. The maximum Gasteiger partial charge on any atom is 0.229 e. The van der Waals surface area contributed by atoms with Crippen molar-refractivity contribution in [2.24, 2.45) is 0 Å². The van der Waals surface area contributed by atoms with Crippen LogP contribution >= 0.6 is 0 Å². The van der Waals surface area contributed by atoms with Crippen LogP contribution in [-0.2, 0) is 6.42 Å². The number of carbonyl (C=O) groups is 2. The van der Waals surface area contributed by atoms with Crippen LogP contribution in [-0.4, -0.2) is 11.6 Å². The molecular formula is C19H16O3. The zero-order chi connectivity index (χ0) is 15.7. The maximum absolute atomic E-state index is 12.6. The van der Waals surface area contributed by atoms with E-state index in [2.05, 4.69) is 0 Å². The van der Waals surface area contributed by atoms with Crippen LogP contribution in [0, 0.1) is 0 Å². The molecule has 0 bridgehead atoms. The van der Waals surface area contributed by atoms with Gasteiger partial charge in [0.25, 0.3) is 0 Å². The number of fused-ring (bicyclic) bond motifs is 1. The van der Waals surface area contributed by atoms with Gasteiger partial charge < -0.3 is 4.74 Å². The summed E-state index contributed by atoms with van der Waals surface area (Å²) in [5.41, 5.74) is 2.21. The zero-order valence-electron chi connectivity index (χ0n) is 12.6. The molecule has 2 aromatic carbocycles. The number of rotatable bonds is 3. The highest BCUT2D eigenvalue weighted by molar-refractivity contribution is 6.26. The molecule has 3 heteroatoms. The predicted octanol–water partition coefficient (Wildman–Crippen LogP) is 3.98. The monoisotopic (exact) mass is 292 g/mol. The zero-order valence-corrected chi connectivity index (χ0v) is 12.6. The fraction of sp³-hybridized carbons (Fsp3) is 0.158. The average molecular weight is 292 g/mol. The predicted molar refractivity (Wildman–Crippen MR) is 84.3 cm³/mol. The van der Waals surface area contributed by atoms with Crippen LogP contribution in [0.1, 0.15) is 40.1 Å². The minimum atomic E-state index is -0.237. The van der Waals surface area contributed by atoms with Gasteiger partial charge in [0.2, 0.25) is 5.78 Å². The average Bonchev–Trinajstić information content (AvgIpc) is 2.57. The quantitative estimate of drug-likeness (QED) is 0.859. The number of ketones is 2.